The van der Waals surface area contributed by atoms with Gasteiger partial charge in [-0.3, -0.25) is 9.59 Å². The van der Waals surface area contributed by atoms with Crippen LogP contribution >= 0.6 is 22.6 Å². The van der Waals surface area contributed by atoms with Crippen molar-refractivity contribution in [3.63, 3.8) is 0 Å². The van der Waals surface area contributed by atoms with E-state index in [0.29, 0.717) is 30.8 Å². The summed E-state index contributed by atoms with van der Waals surface area (Å²) in [4.78, 5) is 24.0. The van der Waals surface area contributed by atoms with Crippen molar-refractivity contribution in [2.75, 3.05) is 13.1 Å². The first-order valence-corrected chi connectivity index (χ1v) is 8.79. The number of halogens is 1. The highest BCUT2D eigenvalue weighted by molar-refractivity contribution is 14.1. The van der Waals surface area contributed by atoms with Crippen LogP contribution in [0.15, 0.2) is 48.5 Å². The molecule has 126 valence electrons. The van der Waals surface area contributed by atoms with Crippen molar-refractivity contribution >= 4 is 34.4 Å². The number of amides is 2. The van der Waals surface area contributed by atoms with E-state index in [1.165, 1.54) is 0 Å². The molecule has 2 aromatic rings. The van der Waals surface area contributed by atoms with Gasteiger partial charge >= 0.3 is 0 Å². The van der Waals surface area contributed by atoms with Gasteiger partial charge in [-0.1, -0.05) is 12.1 Å². The second kappa shape index (κ2) is 9.39. The molecule has 6 heteroatoms. The van der Waals surface area contributed by atoms with Crippen LogP contribution in [-0.2, 0) is 6.54 Å². The largest absolute Gasteiger partial charge is 0.352 e. The van der Waals surface area contributed by atoms with Gasteiger partial charge < -0.3 is 16.4 Å². The summed E-state index contributed by atoms with van der Waals surface area (Å²) in [6.07, 6.45) is 0.758. The summed E-state index contributed by atoms with van der Waals surface area (Å²) in [5.74, 6) is -0.229. The van der Waals surface area contributed by atoms with Crippen molar-refractivity contribution < 1.29 is 9.59 Å². The number of rotatable bonds is 7. The molecule has 0 fully saturated rings. The van der Waals surface area contributed by atoms with E-state index in [9.17, 15) is 9.59 Å². The van der Waals surface area contributed by atoms with Gasteiger partial charge in [-0.05, 0) is 77.5 Å². The SMILES string of the molecule is NCCCNC(=O)c1ccc(CNC(=O)c2ccc(I)cc2)cc1. The lowest BCUT2D eigenvalue weighted by Crippen LogP contribution is -2.26. The fraction of sp³-hybridized carbons (Fsp3) is 0.222. The van der Waals surface area contributed by atoms with Gasteiger partial charge in [0.1, 0.15) is 0 Å². The molecule has 0 heterocycles. The number of hydrogen-bond acceptors (Lipinski definition) is 3. The predicted molar refractivity (Wildman–Crippen MR) is 103 cm³/mol. The Labute approximate surface area is 155 Å². The summed E-state index contributed by atoms with van der Waals surface area (Å²) in [7, 11) is 0. The van der Waals surface area contributed by atoms with Gasteiger partial charge in [0.05, 0.1) is 0 Å². The Kier molecular flexibility index (Phi) is 7.20. The molecule has 0 bridgehead atoms. The van der Waals surface area contributed by atoms with Crippen molar-refractivity contribution in [1.29, 1.82) is 0 Å². The molecule has 0 atom stereocenters. The Morgan fingerprint density at radius 1 is 0.875 bits per heavy atom. The highest BCUT2D eigenvalue weighted by atomic mass is 127. The third kappa shape index (κ3) is 5.61. The Morgan fingerprint density at radius 2 is 1.42 bits per heavy atom. The average Bonchev–Trinajstić information content (AvgIpc) is 2.61. The first-order valence-electron chi connectivity index (χ1n) is 7.71. The fourth-order valence-corrected chi connectivity index (χ4v) is 2.43. The highest BCUT2D eigenvalue weighted by Gasteiger charge is 2.07. The van der Waals surface area contributed by atoms with Crippen LogP contribution in [0.1, 0.15) is 32.7 Å². The van der Waals surface area contributed by atoms with E-state index in [4.69, 9.17) is 5.73 Å². The van der Waals surface area contributed by atoms with Gasteiger partial charge in [0.2, 0.25) is 0 Å². The Hall–Kier alpha value is -1.93. The number of hydrogen-bond donors (Lipinski definition) is 3. The maximum Gasteiger partial charge on any atom is 0.251 e. The molecule has 0 radical (unpaired) electrons. The second-order valence-electron chi connectivity index (χ2n) is 5.28. The van der Waals surface area contributed by atoms with Gasteiger partial charge in [-0.15, -0.1) is 0 Å². The quantitative estimate of drug-likeness (QED) is 0.459. The van der Waals surface area contributed by atoms with Crippen LogP contribution < -0.4 is 16.4 Å². The van der Waals surface area contributed by atoms with Crippen LogP contribution in [0.3, 0.4) is 0 Å². The summed E-state index contributed by atoms with van der Waals surface area (Å²) in [6.45, 7) is 1.54. The summed E-state index contributed by atoms with van der Waals surface area (Å²) in [6, 6.07) is 14.6. The molecule has 0 aromatic heterocycles. The Balaban J connectivity index is 1.86. The van der Waals surface area contributed by atoms with Gasteiger partial charge in [-0.2, -0.15) is 0 Å². The minimum Gasteiger partial charge on any atom is -0.352 e. The molecule has 0 aliphatic rings. The molecule has 5 nitrogen and oxygen atoms in total. The number of nitrogens with two attached hydrogens (primary N) is 1. The first-order chi connectivity index (χ1) is 11.6. The van der Waals surface area contributed by atoms with Crippen molar-refractivity contribution in [3.05, 3.63) is 68.8 Å². The third-order valence-corrected chi connectivity index (χ3v) is 4.16. The Bertz CT molecular complexity index is 684. The van der Waals surface area contributed by atoms with E-state index in [1.54, 1.807) is 24.3 Å². The molecule has 0 unspecified atom stereocenters. The van der Waals surface area contributed by atoms with E-state index in [0.717, 1.165) is 15.6 Å². The smallest absolute Gasteiger partial charge is 0.251 e. The average molecular weight is 437 g/mol. The standard InChI is InChI=1S/C18H20IN3O2/c19-16-8-6-15(7-9-16)18(24)22-12-13-2-4-14(5-3-13)17(23)21-11-1-10-20/h2-9H,1,10-12,20H2,(H,21,23)(H,22,24). The molecule has 2 amide bonds. The molecule has 2 aromatic carbocycles. The van der Waals surface area contributed by atoms with E-state index in [-0.39, 0.29) is 11.8 Å². The van der Waals surface area contributed by atoms with Gasteiger partial charge in [0.15, 0.2) is 0 Å². The zero-order valence-corrected chi connectivity index (χ0v) is 15.4. The molecule has 24 heavy (non-hydrogen) atoms. The minimum absolute atomic E-state index is 0.113. The first kappa shape index (κ1) is 18.4. The third-order valence-electron chi connectivity index (χ3n) is 3.44. The van der Waals surface area contributed by atoms with Crippen LogP contribution in [0.2, 0.25) is 0 Å². The van der Waals surface area contributed by atoms with Crippen molar-refractivity contribution in [3.8, 4) is 0 Å². The van der Waals surface area contributed by atoms with E-state index in [1.807, 2.05) is 24.3 Å². The second-order valence-corrected chi connectivity index (χ2v) is 6.53. The van der Waals surface area contributed by atoms with Crippen LogP contribution in [0.25, 0.3) is 0 Å². The molecule has 0 saturated heterocycles. The number of carbonyl (C=O) groups excluding carboxylic acids is 2. The van der Waals surface area contributed by atoms with Crippen LogP contribution in [-0.4, -0.2) is 24.9 Å². The number of benzene rings is 2. The zero-order valence-electron chi connectivity index (χ0n) is 13.2. The van der Waals surface area contributed by atoms with Crippen LogP contribution in [0.4, 0.5) is 0 Å². The maximum absolute atomic E-state index is 12.1. The van der Waals surface area contributed by atoms with Crippen molar-refractivity contribution in [2.24, 2.45) is 5.73 Å². The molecule has 0 aliphatic heterocycles. The van der Waals surface area contributed by atoms with Gasteiger partial charge in [-0.25, -0.2) is 0 Å². The Morgan fingerprint density at radius 3 is 2.00 bits per heavy atom. The van der Waals surface area contributed by atoms with E-state index >= 15 is 0 Å². The molecule has 0 saturated carbocycles. The van der Waals surface area contributed by atoms with Gasteiger partial charge in [0, 0.05) is 27.8 Å². The lowest BCUT2D eigenvalue weighted by molar-refractivity contribution is 0.0943. The minimum atomic E-state index is -0.116. The molecular weight excluding hydrogens is 417 g/mol. The monoisotopic (exact) mass is 437 g/mol. The molecule has 4 N–H and O–H groups in total. The fourth-order valence-electron chi connectivity index (χ4n) is 2.07. The number of nitrogens with one attached hydrogen (secondary N) is 2. The molecule has 0 spiro atoms. The highest BCUT2D eigenvalue weighted by Crippen LogP contribution is 2.08. The maximum atomic E-state index is 12.1. The van der Waals surface area contributed by atoms with E-state index in [2.05, 4.69) is 33.2 Å². The van der Waals surface area contributed by atoms with Crippen LogP contribution in [0.5, 0.6) is 0 Å². The predicted octanol–water partition coefficient (Wildman–Crippen LogP) is 2.30. The summed E-state index contributed by atoms with van der Waals surface area (Å²) in [5, 5.41) is 5.68. The lowest BCUT2D eigenvalue weighted by atomic mass is 10.1. The van der Waals surface area contributed by atoms with Crippen molar-refractivity contribution in [2.45, 2.75) is 13.0 Å². The topological polar surface area (TPSA) is 84.2 Å². The summed E-state index contributed by atoms with van der Waals surface area (Å²) in [5.41, 5.74) is 7.56. The van der Waals surface area contributed by atoms with E-state index < -0.39 is 0 Å². The molecule has 2 rings (SSSR count). The van der Waals surface area contributed by atoms with Crippen LogP contribution in [0, 0.1) is 3.57 Å². The summed E-state index contributed by atoms with van der Waals surface area (Å²) >= 11 is 2.20. The zero-order chi connectivity index (χ0) is 17.4. The summed E-state index contributed by atoms with van der Waals surface area (Å²) < 4.78 is 1.09. The normalized spacial score (nSPS) is 10.2. The lowest BCUT2D eigenvalue weighted by Gasteiger charge is -2.07. The molecule has 0 aliphatic carbocycles. The molecular formula is C18H20IN3O2. The number of carbonyl (C=O) groups is 2. The van der Waals surface area contributed by atoms with Gasteiger partial charge in [0.25, 0.3) is 11.8 Å². The van der Waals surface area contributed by atoms with Crippen molar-refractivity contribution in [1.82, 2.24) is 10.6 Å².